The third kappa shape index (κ3) is 3.88. The van der Waals surface area contributed by atoms with Crippen molar-refractivity contribution < 1.29 is 4.79 Å². The fourth-order valence-electron chi connectivity index (χ4n) is 3.92. The van der Waals surface area contributed by atoms with Gasteiger partial charge in [0.15, 0.2) is 0 Å². The van der Waals surface area contributed by atoms with Crippen LogP contribution in [0, 0.1) is 5.92 Å². The number of likely N-dealkylation sites (tertiary alicyclic amines) is 1. The summed E-state index contributed by atoms with van der Waals surface area (Å²) in [4.78, 5) is 26.0. The minimum absolute atomic E-state index is 0.334. The molecule has 3 fully saturated rings. The number of anilines is 2. The van der Waals surface area contributed by atoms with Crippen molar-refractivity contribution in [3.05, 3.63) is 11.8 Å². The zero-order valence-electron chi connectivity index (χ0n) is 15.2. The van der Waals surface area contributed by atoms with E-state index in [4.69, 9.17) is 9.97 Å². The number of hydrogen-bond donors (Lipinski definition) is 1. The lowest BCUT2D eigenvalue weighted by atomic mass is 10.1. The fraction of sp³-hybridized carbons (Fsp3) is 0.737. The highest BCUT2D eigenvalue weighted by Crippen LogP contribution is 2.32. The largest absolute Gasteiger partial charge is 0.370 e. The smallest absolute Gasteiger partial charge is 0.227 e. The maximum atomic E-state index is 12.1. The third-order valence-electron chi connectivity index (χ3n) is 5.57. The van der Waals surface area contributed by atoms with E-state index in [1.165, 1.54) is 32.1 Å². The van der Waals surface area contributed by atoms with Gasteiger partial charge in [-0.1, -0.05) is 6.92 Å². The molecule has 6 nitrogen and oxygen atoms in total. The predicted molar refractivity (Wildman–Crippen MR) is 98.8 cm³/mol. The lowest BCUT2D eigenvalue weighted by Crippen LogP contribution is -2.31. The molecule has 1 unspecified atom stereocenters. The first-order valence-corrected chi connectivity index (χ1v) is 9.89. The van der Waals surface area contributed by atoms with Crippen molar-refractivity contribution in [2.45, 2.75) is 57.9 Å². The molecule has 25 heavy (non-hydrogen) atoms. The SMILES string of the molecule is CCc1cc(NCC2CC(=O)N(C3CC3)C2)nc(N2CCCCC2)n1. The second kappa shape index (κ2) is 7.18. The van der Waals surface area contributed by atoms with Crippen LogP contribution in [0.25, 0.3) is 0 Å². The second-order valence-corrected chi connectivity index (χ2v) is 7.67. The van der Waals surface area contributed by atoms with E-state index in [0.29, 0.717) is 24.3 Å². The molecule has 1 aromatic heterocycles. The molecule has 3 aliphatic rings. The molecule has 1 amide bonds. The first-order chi connectivity index (χ1) is 12.2. The molecule has 6 heteroatoms. The van der Waals surface area contributed by atoms with Crippen molar-refractivity contribution in [3.8, 4) is 0 Å². The van der Waals surface area contributed by atoms with Gasteiger partial charge in [0.1, 0.15) is 5.82 Å². The Labute approximate surface area is 150 Å². The molecule has 0 bridgehead atoms. The summed E-state index contributed by atoms with van der Waals surface area (Å²) >= 11 is 0. The van der Waals surface area contributed by atoms with E-state index in [1.54, 1.807) is 0 Å². The van der Waals surface area contributed by atoms with Crippen molar-refractivity contribution in [3.63, 3.8) is 0 Å². The Kier molecular flexibility index (Phi) is 4.77. The Morgan fingerprint density at radius 2 is 2.00 bits per heavy atom. The molecule has 136 valence electrons. The van der Waals surface area contributed by atoms with Gasteiger partial charge in [-0.05, 0) is 38.5 Å². The number of aryl methyl sites for hydroxylation is 1. The lowest BCUT2D eigenvalue weighted by Gasteiger charge is -2.27. The maximum Gasteiger partial charge on any atom is 0.227 e. The summed E-state index contributed by atoms with van der Waals surface area (Å²) in [6.45, 7) is 5.96. The van der Waals surface area contributed by atoms with E-state index in [1.807, 2.05) is 0 Å². The summed E-state index contributed by atoms with van der Waals surface area (Å²) in [6, 6.07) is 2.59. The van der Waals surface area contributed by atoms with Gasteiger partial charge in [-0.2, -0.15) is 4.98 Å². The molecule has 1 aliphatic carbocycles. The van der Waals surface area contributed by atoms with Crippen molar-refractivity contribution in [2.75, 3.05) is 36.4 Å². The highest BCUT2D eigenvalue weighted by molar-refractivity contribution is 5.79. The number of piperidine rings is 1. The molecule has 0 radical (unpaired) electrons. The number of nitrogens with zero attached hydrogens (tertiary/aromatic N) is 4. The lowest BCUT2D eigenvalue weighted by molar-refractivity contribution is -0.128. The predicted octanol–water partition coefficient (Wildman–Crippen LogP) is 2.45. The third-order valence-corrected chi connectivity index (χ3v) is 5.57. The van der Waals surface area contributed by atoms with Crippen LogP contribution in [0.3, 0.4) is 0 Å². The quantitative estimate of drug-likeness (QED) is 0.860. The molecular formula is C19H29N5O. The summed E-state index contributed by atoms with van der Waals surface area (Å²) < 4.78 is 0. The molecule has 1 aromatic rings. The fourth-order valence-corrected chi connectivity index (χ4v) is 3.92. The van der Waals surface area contributed by atoms with Crippen molar-refractivity contribution in [2.24, 2.45) is 5.92 Å². The van der Waals surface area contributed by atoms with Crippen LogP contribution in [-0.2, 0) is 11.2 Å². The van der Waals surface area contributed by atoms with Crippen LogP contribution < -0.4 is 10.2 Å². The van der Waals surface area contributed by atoms with Crippen LogP contribution in [0.5, 0.6) is 0 Å². The highest BCUT2D eigenvalue weighted by Gasteiger charge is 2.39. The molecule has 1 saturated carbocycles. The first-order valence-electron chi connectivity index (χ1n) is 9.89. The van der Waals surface area contributed by atoms with Gasteiger partial charge in [0, 0.05) is 56.3 Å². The molecule has 2 aliphatic heterocycles. The van der Waals surface area contributed by atoms with Gasteiger partial charge in [0.25, 0.3) is 0 Å². The molecular weight excluding hydrogens is 314 g/mol. The Bertz CT molecular complexity index is 624. The second-order valence-electron chi connectivity index (χ2n) is 7.67. The van der Waals surface area contributed by atoms with Crippen LogP contribution in [0.15, 0.2) is 6.07 Å². The number of hydrogen-bond acceptors (Lipinski definition) is 5. The molecule has 2 saturated heterocycles. The Morgan fingerprint density at radius 1 is 1.20 bits per heavy atom. The zero-order valence-corrected chi connectivity index (χ0v) is 15.2. The van der Waals surface area contributed by atoms with E-state index < -0.39 is 0 Å². The molecule has 0 aromatic carbocycles. The summed E-state index contributed by atoms with van der Waals surface area (Å²) in [5.41, 5.74) is 1.08. The van der Waals surface area contributed by atoms with Gasteiger partial charge in [0.05, 0.1) is 0 Å². The van der Waals surface area contributed by atoms with Crippen LogP contribution >= 0.6 is 0 Å². The monoisotopic (exact) mass is 343 g/mol. The van der Waals surface area contributed by atoms with E-state index in [-0.39, 0.29) is 0 Å². The Hall–Kier alpha value is -1.85. The maximum absolute atomic E-state index is 12.1. The summed E-state index contributed by atoms with van der Waals surface area (Å²) in [5.74, 6) is 2.50. The van der Waals surface area contributed by atoms with Crippen LogP contribution in [-0.4, -0.2) is 53.0 Å². The van der Waals surface area contributed by atoms with Crippen LogP contribution in [0.4, 0.5) is 11.8 Å². The van der Waals surface area contributed by atoms with E-state index in [0.717, 1.165) is 50.1 Å². The van der Waals surface area contributed by atoms with E-state index in [9.17, 15) is 4.79 Å². The van der Waals surface area contributed by atoms with E-state index in [2.05, 4.69) is 28.1 Å². The van der Waals surface area contributed by atoms with Crippen LogP contribution in [0.2, 0.25) is 0 Å². The number of aromatic nitrogens is 2. The van der Waals surface area contributed by atoms with Crippen molar-refractivity contribution >= 4 is 17.7 Å². The Morgan fingerprint density at radius 3 is 2.72 bits per heavy atom. The van der Waals surface area contributed by atoms with Crippen LogP contribution in [0.1, 0.15) is 51.1 Å². The molecule has 0 spiro atoms. The standard InChI is InChI=1S/C19H29N5O/c1-2-15-11-17(22-19(21-15)23-8-4-3-5-9-23)20-12-14-10-18(25)24(13-14)16-6-7-16/h11,14,16H,2-10,12-13H2,1H3,(H,20,21,22). The van der Waals surface area contributed by atoms with Gasteiger partial charge in [-0.3, -0.25) is 4.79 Å². The number of carbonyl (C=O) groups is 1. The highest BCUT2D eigenvalue weighted by atomic mass is 16.2. The topological polar surface area (TPSA) is 61.4 Å². The number of nitrogens with one attached hydrogen (secondary N) is 1. The summed E-state index contributed by atoms with van der Waals surface area (Å²) in [5, 5.41) is 3.48. The molecule has 3 heterocycles. The van der Waals surface area contributed by atoms with E-state index >= 15 is 0 Å². The van der Waals surface area contributed by atoms with Gasteiger partial charge in [-0.15, -0.1) is 0 Å². The number of amides is 1. The number of carbonyl (C=O) groups excluding carboxylic acids is 1. The average Bonchev–Trinajstić information content (AvgIpc) is 3.43. The van der Waals surface area contributed by atoms with Gasteiger partial charge in [0.2, 0.25) is 11.9 Å². The summed E-state index contributed by atoms with van der Waals surface area (Å²) in [7, 11) is 0. The normalized spacial score (nSPS) is 24.0. The van der Waals surface area contributed by atoms with Crippen molar-refractivity contribution in [1.29, 1.82) is 0 Å². The summed E-state index contributed by atoms with van der Waals surface area (Å²) in [6.07, 6.45) is 7.73. The van der Waals surface area contributed by atoms with Gasteiger partial charge < -0.3 is 15.1 Å². The molecule has 1 atom stereocenters. The first kappa shape index (κ1) is 16.6. The Balaban J connectivity index is 1.40. The van der Waals surface area contributed by atoms with Gasteiger partial charge >= 0.3 is 0 Å². The van der Waals surface area contributed by atoms with Gasteiger partial charge in [-0.25, -0.2) is 4.98 Å². The number of rotatable bonds is 6. The minimum Gasteiger partial charge on any atom is -0.370 e. The average molecular weight is 343 g/mol. The molecule has 4 rings (SSSR count). The van der Waals surface area contributed by atoms with Crippen molar-refractivity contribution in [1.82, 2.24) is 14.9 Å². The zero-order chi connectivity index (χ0) is 17.2. The molecule has 1 N–H and O–H groups in total. The minimum atomic E-state index is 0.334.